The van der Waals surface area contributed by atoms with Gasteiger partial charge in [0.15, 0.2) is 0 Å². The maximum absolute atomic E-state index is 11.3. The second kappa shape index (κ2) is 5.75. The number of imide groups is 1. The average Bonchev–Trinajstić information content (AvgIpc) is 2.35. The van der Waals surface area contributed by atoms with Crippen molar-refractivity contribution in [2.24, 2.45) is 0 Å². The van der Waals surface area contributed by atoms with Crippen LogP contribution >= 0.6 is 11.6 Å². The van der Waals surface area contributed by atoms with Gasteiger partial charge in [-0.3, -0.25) is 14.9 Å². The molecule has 0 radical (unpaired) electrons. The lowest BCUT2D eigenvalue weighted by Crippen LogP contribution is -2.51. The number of carbonyl (C=O) groups excluding carboxylic acids is 2. The summed E-state index contributed by atoms with van der Waals surface area (Å²) in [6.07, 6.45) is 2.36. The van der Waals surface area contributed by atoms with Gasteiger partial charge in [-0.25, -0.2) is 4.79 Å². The van der Waals surface area contributed by atoms with Crippen molar-refractivity contribution in [3.63, 3.8) is 0 Å². The fourth-order valence-electron chi connectivity index (χ4n) is 1.83. The molecular formula is C13H11ClN2O4. The maximum atomic E-state index is 11.3. The molecule has 1 aromatic rings. The Kier molecular flexibility index (Phi) is 4.05. The van der Waals surface area contributed by atoms with Crippen molar-refractivity contribution in [3.8, 4) is 0 Å². The number of hydrogen-bond donors (Lipinski definition) is 2. The molecule has 7 heteroatoms. The summed E-state index contributed by atoms with van der Waals surface area (Å²) in [4.78, 5) is 34.7. The zero-order chi connectivity index (χ0) is 14.7. The number of amides is 2. The Balaban J connectivity index is 2.22. The molecule has 0 unspecified atom stereocenters. The summed E-state index contributed by atoms with van der Waals surface area (Å²) in [7, 11) is 0. The summed E-state index contributed by atoms with van der Waals surface area (Å²) in [6.45, 7) is 0.152. The van der Waals surface area contributed by atoms with E-state index >= 15 is 0 Å². The number of carbonyl (C=O) groups is 3. The Bertz CT molecular complexity index is 596. The fraction of sp³-hybridized carbons (Fsp3) is 0.154. The number of carboxylic acids is 1. The van der Waals surface area contributed by atoms with E-state index in [0.717, 1.165) is 6.08 Å². The predicted molar refractivity (Wildman–Crippen MR) is 73.5 cm³/mol. The fourth-order valence-corrected chi connectivity index (χ4v) is 2.07. The first kappa shape index (κ1) is 14.1. The Hall–Kier alpha value is -2.34. The van der Waals surface area contributed by atoms with Gasteiger partial charge in [-0.05, 0) is 23.8 Å². The van der Waals surface area contributed by atoms with Gasteiger partial charge in [-0.1, -0.05) is 17.7 Å². The van der Waals surface area contributed by atoms with Crippen LogP contribution in [0.5, 0.6) is 0 Å². The van der Waals surface area contributed by atoms with Crippen LogP contribution in [0.3, 0.4) is 0 Å². The number of hydrogen-bond acceptors (Lipinski definition) is 4. The van der Waals surface area contributed by atoms with E-state index in [2.05, 4.69) is 5.32 Å². The average molecular weight is 295 g/mol. The molecule has 6 nitrogen and oxygen atoms in total. The smallest absolute Gasteiger partial charge is 0.328 e. The van der Waals surface area contributed by atoms with Gasteiger partial charge in [0.05, 0.1) is 13.1 Å². The van der Waals surface area contributed by atoms with E-state index in [1.165, 1.54) is 6.08 Å². The number of anilines is 1. The first-order valence-corrected chi connectivity index (χ1v) is 6.11. The Morgan fingerprint density at radius 3 is 2.50 bits per heavy atom. The minimum Gasteiger partial charge on any atom is -0.478 e. The quantitative estimate of drug-likeness (QED) is 0.639. The number of nitrogens with one attached hydrogen (secondary N) is 1. The van der Waals surface area contributed by atoms with Crippen LogP contribution < -0.4 is 10.2 Å². The normalized spacial score (nSPS) is 15.6. The maximum Gasteiger partial charge on any atom is 0.328 e. The van der Waals surface area contributed by atoms with Crippen LogP contribution in [0.2, 0.25) is 5.02 Å². The molecule has 2 amide bonds. The minimum absolute atomic E-state index is 0.0758. The highest BCUT2D eigenvalue weighted by Crippen LogP contribution is 2.25. The van der Waals surface area contributed by atoms with Crippen molar-refractivity contribution in [1.29, 1.82) is 0 Å². The van der Waals surface area contributed by atoms with Gasteiger partial charge in [0.25, 0.3) is 0 Å². The largest absolute Gasteiger partial charge is 0.478 e. The molecule has 1 aromatic carbocycles. The van der Waals surface area contributed by atoms with Gasteiger partial charge in [-0.15, -0.1) is 0 Å². The Morgan fingerprint density at radius 2 is 1.95 bits per heavy atom. The molecule has 1 heterocycles. The van der Waals surface area contributed by atoms with Gasteiger partial charge in [0, 0.05) is 16.8 Å². The molecule has 0 bridgehead atoms. The zero-order valence-corrected chi connectivity index (χ0v) is 11.1. The molecule has 0 atom stereocenters. The van der Waals surface area contributed by atoms with Crippen molar-refractivity contribution in [2.75, 3.05) is 18.0 Å². The van der Waals surface area contributed by atoms with Gasteiger partial charge in [0.2, 0.25) is 11.8 Å². The molecule has 1 aliphatic heterocycles. The molecule has 2 N–H and O–H groups in total. The molecular weight excluding hydrogens is 284 g/mol. The van der Waals surface area contributed by atoms with Gasteiger partial charge < -0.3 is 10.0 Å². The second-order valence-corrected chi connectivity index (χ2v) is 4.61. The molecule has 0 spiro atoms. The van der Waals surface area contributed by atoms with Crippen LogP contribution in [0, 0.1) is 0 Å². The van der Waals surface area contributed by atoms with Crippen molar-refractivity contribution in [3.05, 3.63) is 34.9 Å². The summed E-state index contributed by atoms with van der Waals surface area (Å²) >= 11 is 6.05. The second-order valence-electron chi connectivity index (χ2n) is 4.20. The standard InChI is InChI=1S/C13H11ClN2O4/c14-10-5-9(3-1-8(10)2-4-13(19)20)16-6-11(17)15-12(18)7-16/h1-5H,6-7H2,(H,19,20)(H,15,17,18)/b4-2+. The number of rotatable bonds is 3. The third-order valence-corrected chi connectivity index (χ3v) is 3.03. The minimum atomic E-state index is -1.07. The third kappa shape index (κ3) is 3.36. The van der Waals surface area contributed by atoms with Crippen LogP contribution in [0.25, 0.3) is 6.08 Å². The molecule has 20 heavy (non-hydrogen) atoms. The highest BCUT2D eigenvalue weighted by atomic mass is 35.5. The SMILES string of the molecule is O=C(O)/C=C/c1ccc(N2CC(=O)NC(=O)C2)cc1Cl. The van der Waals surface area contributed by atoms with Crippen LogP contribution in [0.4, 0.5) is 5.69 Å². The lowest BCUT2D eigenvalue weighted by Gasteiger charge is -2.27. The van der Waals surface area contributed by atoms with E-state index in [-0.39, 0.29) is 24.9 Å². The summed E-state index contributed by atoms with van der Waals surface area (Å²) in [5, 5.41) is 11.1. The first-order chi connectivity index (χ1) is 9.45. The van der Waals surface area contributed by atoms with Crippen LogP contribution in [-0.2, 0) is 14.4 Å². The summed E-state index contributed by atoms with van der Waals surface area (Å²) in [6, 6.07) is 4.91. The molecule has 2 rings (SSSR count). The number of aliphatic carboxylic acids is 1. The van der Waals surface area contributed by atoms with Crippen molar-refractivity contribution < 1.29 is 19.5 Å². The molecule has 104 valence electrons. The number of carboxylic acid groups (broad SMARTS) is 1. The van der Waals surface area contributed by atoms with E-state index in [4.69, 9.17) is 16.7 Å². The summed E-state index contributed by atoms with van der Waals surface area (Å²) < 4.78 is 0. The molecule has 0 aromatic heterocycles. The van der Waals surface area contributed by atoms with Gasteiger partial charge in [0.1, 0.15) is 0 Å². The van der Waals surface area contributed by atoms with E-state index in [1.807, 2.05) is 0 Å². The third-order valence-electron chi connectivity index (χ3n) is 2.70. The summed E-state index contributed by atoms with van der Waals surface area (Å²) in [5.41, 5.74) is 1.18. The molecule has 0 aliphatic carbocycles. The number of nitrogens with zero attached hydrogens (tertiary/aromatic N) is 1. The van der Waals surface area contributed by atoms with Gasteiger partial charge >= 0.3 is 5.97 Å². The van der Waals surface area contributed by atoms with Crippen LogP contribution in [0.1, 0.15) is 5.56 Å². The lowest BCUT2D eigenvalue weighted by molar-refractivity contribution is -0.132. The van der Waals surface area contributed by atoms with E-state index in [9.17, 15) is 14.4 Å². The monoisotopic (exact) mass is 294 g/mol. The van der Waals surface area contributed by atoms with Crippen molar-refractivity contribution in [2.45, 2.75) is 0 Å². The first-order valence-electron chi connectivity index (χ1n) is 5.74. The van der Waals surface area contributed by atoms with Crippen molar-refractivity contribution >= 4 is 41.1 Å². The highest BCUT2D eigenvalue weighted by molar-refractivity contribution is 6.32. The predicted octanol–water partition coefficient (Wildman–Crippen LogP) is 0.901. The molecule has 1 aliphatic rings. The number of halogens is 1. The molecule has 1 fully saturated rings. The van der Waals surface area contributed by atoms with E-state index in [0.29, 0.717) is 16.3 Å². The Morgan fingerprint density at radius 1 is 1.30 bits per heavy atom. The van der Waals surface area contributed by atoms with Crippen LogP contribution in [-0.4, -0.2) is 36.0 Å². The van der Waals surface area contributed by atoms with E-state index in [1.54, 1.807) is 23.1 Å². The Labute approximate surface area is 119 Å². The van der Waals surface area contributed by atoms with Crippen LogP contribution in [0.15, 0.2) is 24.3 Å². The van der Waals surface area contributed by atoms with Gasteiger partial charge in [-0.2, -0.15) is 0 Å². The molecule has 0 saturated carbocycles. The van der Waals surface area contributed by atoms with E-state index < -0.39 is 5.97 Å². The zero-order valence-electron chi connectivity index (χ0n) is 10.3. The number of piperazine rings is 1. The highest BCUT2D eigenvalue weighted by Gasteiger charge is 2.22. The topological polar surface area (TPSA) is 86.7 Å². The lowest BCUT2D eigenvalue weighted by atomic mass is 10.1. The summed E-state index contributed by atoms with van der Waals surface area (Å²) in [5.74, 6) is -1.80. The van der Waals surface area contributed by atoms with Crippen molar-refractivity contribution in [1.82, 2.24) is 5.32 Å². The number of benzene rings is 1. The molecule has 1 saturated heterocycles.